The van der Waals surface area contributed by atoms with Gasteiger partial charge in [0.1, 0.15) is 0 Å². The van der Waals surface area contributed by atoms with E-state index in [9.17, 15) is 0 Å². The minimum Gasteiger partial charge on any atom is -0.228 e. The predicted octanol–water partition coefficient (Wildman–Crippen LogP) is 15.2. The third kappa shape index (κ3) is 5.70. The van der Waals surface area contributed by atoms with Gasteiger partial charge in [-0.2, -0.15) is 0 Å². The van der Waals surface area contributed by atoms with E-state index in [1.165, 1.54) is 62.6 Å². The van der Waals surface area contributed by atoms with Crippen molar-refractivity contribution in [3.8, 4) is 67.3 Å². The lowest BCUT2D eigenvalue weighted by Gasteiger charge is -2.13. The maximum Gasteiger partial charge on any atom is 0.160 e. The monoisotopic (exact) mass is 748 g/mol. The van der Waals surface area contributed by atoms with Gasteiger partial charge in [-0.15, -0.1) is 22.7 Å². The van der Waals surface area contributed by atoms with Crippen LogP contribution in [-0.2, 0) is 0 Å². The quantitative estimate of drug-likeness (QED) is 0.169. The molecule has 3 aromatic heterocycles. The molecule has 11 aromatic rings. The summed E-state index contributed by atoms with van der Waals surface area (Å²) in [6.45, 7) is 0. The predicted molar refractivity (Wildman–Crippen MR) is 240 cm³/mol. The van der Waals surface area contributed by atoms with E-state index in [4.69, 9.17) is 9.97 Å². The van der Waals surface area contributed by atoms with Crippen molar-refractivity contribution in [3.05, 3.63) is 194 Å². The SMILES string of the molecule is c1ccc(-c2cccc(-c3cc(-c4cccc(-c5cccc6sc7ccccc7c56)c4)nc(-c4cccc(-c5cccc6sc7ccccc7c56)c4)n3)c2)cc1. The highest BCUT2D eigenvalue weighted by Gasteiger charge is 2.16. The van der Waals surface area contributed by atoms with E-state index in [1.807, 2.05) is 22.7 Å². The number of aromatic nitrogens is 2. The summed E-state index contributed by atoms with van der Waals surface area (Å²) in [4.78, 5) is 10.7. The Bertz CT molecular complexity index is 3090. The molecule has 2 nitrogen and oxygen atoms in total. The zero-order valence-electron chi connectivity index (χ0n) is 30.2. The molecule has 0 fully saturated rings. The van der Waals surface area contributed by atoms with Crippen LogP contribution in [0.5, 0.6) is 0 Å². The molecule has 0 spiro atoms. The molecule has 3 heterocycles. The highest BCUT2D eigenvalue weighted by molar-refractivity contribution is 7.26. The molecule has 0 aliphatic rings. The Hall–Kier alpha value is -6.72. The molecule has 262 valence electrons. The Morgan fingerprint density at radius 1 is 0.286 bits per heavy atom. The van der Waals surface area contributed by atoms with Gasteiger partial charge in [0.25, 0.3) is 0 Å². The van der Waals surface area contributed by atoms with E-state index < -0.39 is 0 Å². The third-order valence-corrected chi connectivity index (χ3v) is 13.0. The summed E-state index contributed by atoms with van der Waals surface area (Å²) < 4.78 is 5.19. The Kier molecular flexibility index (Phi) is 7.90. The second-order valence-corrected chi connectivity index (χ2v) is 16.3. The van der Waals surface area contributed by atoms with Gasteiger partial charge in [0.2, 0.25) is 0 Å². The first-order valence-corrected chi connectivity index (χ1v) is 20.4. The molecule has 0 aliphatic carbocycles. The van der Waals surface area contributed by atoms with E-state index in [1.54, 1.807) is 0 Å². The lowest BCUT2D eigenvalue weighted by atomic mass is 9.96. The zero-order valence-corrected chi connectivity index (χ0v) is 31.8. The van der Waals surface area contributed by atoms with E-state index in [2.05, 4.69) is 194 Å². The van der Waals surface area contributed by atoms with Crippen molar-refractivity contribution >= 4 is 63.0 Å². The van der Waals surface area contributed by atoms with Crippen LogP contribution >= 0.6 is 22.7 Å². The van der Waals surface area contributed by atoms with Crippen LogP contribution < -0.4 is 0 Å². The normalized spacial score (nSPS) is 11.6. The van der Waals surface area contributed by atoms with Crippen molar-refractivity contribution in [2.75, 3.05) is 0 Å². The fourth-order valence-electron chi connectivity index (χ4n) is 8.06. The van der Waals surface area contributed by atoms with Crippen molar-refractivity contribution in [1.29, 1.82) is 0 Å². The summed E-state index contributed by atoms with van der Waals surface area (Å²) in [5.41, 5.74) is 11.9. The molecule has 0 saturated heterocycles. The summed E-state index contributed by atoms with van der Waals surface area (Å²) in [7, 11) is 0. The van der Waals surface area contributed by atoms with Crippen LogP contribution in [0.3, 0.4) is 0 Å². The number of hydrogen-bond acceptors (Lipinski definition) is 4. The fourth-order valence-corrected chi connectivity index (χ4v) is 10.3. The van der Waals surface area contributed by atoms with Crippen LogP contribution in [0.1, 0.15) is 0 Å². The molecule has 4 heteroatoms. The molecule has 0 bridgehead atoms. The highest BCUT2D eigenvalue weighted by Crippen LogP contribution is 2.42. The molecule has 0 unspecified atom stereocenters. The summed E-state index contributed by atoms with van der Waals surface area (Å²) in [5, 5.41) is 5.18. The number of thiophene rings is 2. The number of rotatable bonds is 6. The Labute approximate surface area is 332 Å². The van der Waals surface area contributed by atoms with E-state index in [0.29, 0.717) is 5.82 Å². The van der Waals surface area contributed by atoms with Gasteiger partial charge in [0, 0.05) is 57.0 Å². The Balaban J connectivity index is 1.08. The van der Waals surface area contributed by atoms with Crippen LogP contribution in [-0.4, -0.2) is 9.97 Å². The molecule has 0 amide bonds. The minimum absolute atomic E-state index is 0.697. The zero-order chi connectivity index (χ0) is 37.0. The fraction of sp³-hybridized carbons (Fsp3) is 0. The molecule has 8 aromatic carbocycles. The molecular weight excluding hydrogens is 717 g/mol. The van der Waals surface area contributed by atoms with Crippen LogP contribution in [0.15, 0.2) is 194 Å². The van der Waals surface area contributed by atoms with Crippen LogP contribution in [0.2, 0.25) is 0 Å². The van der Waals surface area contributed by atoms with Crippen molar-refractivity contribution < 1.29 is 0 Å². The average Bonchev–Trinajstić information content (AvgIpc) is 3.86. The highest BCUT2D eigenvalue weighted by atomic mass is 32.1. The summed E-state index contributed by atoms with van der Waals surface area (Å²) >= 11 is 3.70. The molecule has 0 N–H and O–H groups in total. The first-order valence-electron chi connectivity index (χ1n) is 18.8. The van der Waals surface area contributed by atoms with Crippen LogP contribution in [0, 0.1) is 0 Å². The van der Waals surface area contributed by atoms with E-state index >= 15 is 0 Å². The van der Waals surface area contributed by atoms with Gasteiger partial charge in [-0.25, -0.2) is 9.97 Å². The van der Waals surface area contributed by atoms with Gasteiger partial charge in [0.05, 0.1) is 11.4 Å². The maximum atomic E-state index is 5.35. The molecule has 0 radical (unpaired) electrons. The number of nitrogens with zero attached hydrogens (tertiary/aromatic N) is 2. The standard InChI is InChI=1S/C52H32N2S2/c1-2-13-33(14-3-1)34-15-8-18-37(29-34)44-32-45(38-19-9-16-35(30-38)40-23-11-27-48-50(40)42-21-4-6-25-46(42)55-48)54-52(53-44)39-20-10-17-36(31-39)41-24-12-28-49-51(41)43-22-5-7-26-47(43)56-49/h1-32H. The Morgan fingerprint density at radius 3 is 1.29 bits per heavy atom. The van der Waals surface area contributed by atoms with Crippen LogP contribution in [0.4, 0.5) is 0 Å². The lowest BCUT2D eigenvalue weighted by Crippen LogP contribution is -1.96. The summed E-state index contributed by atoms with van der Waals surface area (Å²) in [6.07, 6.45) is 0. The number of fused-ring (bicyclic) bond motifs is 6. The first kappa shape index (κ1) is 32.7. The van der Waals surface area contributed by atoms with E-state index in [0.717, 1.165) is 39.2 Å². The van der Waals surface area contributed by atoms with Gasteiger partial charge in [-0.1, -0.05) is 146 Å². The summed E-state index contributed by atoms with van der Waals surface area (Å²) in [5.74, 6) is 0.697. The molecule has 0 aliphatic heterocycles. The van der Waals surface area contributed by atoms with Gasteiger partial charge in [-0.05, 0) is 81.9 Å². The third-order valence-electron chi connectivity index (χ3n) is 10.7. The van der Waals surface area contributed by atoms with Gasteiger partial charge in [-0.3, -0.25) is 0 Å². The number of benzene rings is 8. The average molecular weight is 749 g/mol. The van der Waals surface area contributed by atoms with Crippen molar-refractivity contribution in [2.24, 2.45) is 0 Å². The molecular formula is C52H32N2S2. The minimum atomic E-state index is 0.697. The molecule has 56 heavy (non-hydrogen) atoms. The largest absolute Gasteiger partial charge is 0.228 e. The van der Waals surface area contributed by atoms with Crippen LogP contribution in [0.25, 0.3) is 108 Å². The van der Waals surface area contributed by atoms with Gasteiger partial charge >= 0.3 is 0 Å². The Morgan fingerprint density at radius 2 is 0.696 bits per heavy atom. The second-order valence-electron chi connectivity index (χ2n) is 14.1. The molecule has 11 rings (SSSR count). The van der Waals surface area contributed by atoms with Gasteiger partial charge < -0.3 is 0 Å². The molecule has 0 atom stereocenters. The summed E-state index contributed by atoms with van der Waals surface area (Å²) in [6, 6.07) is 69.6. The second kappa shape index (κ2) is 13.5. The lowest BCUT2D eigenvalue weighted by molar-refractivity contribution is 1.18. The van der Waals surface area contributed by atoms with Gasteiger partial charge in [0.15, 0.2) is 5.82 Å². The van der Waals surface area contributed by atoms with Crippen molar-refractivity contribution in [1.82, 2.24) is 9.97 Å². The maximum absolute atomic E-state index is 5.35. The number of hydrogen-bond donors (Lipinski definition) is 0. The topological polar surface area (TPSA) is 25.8 Å². The van der Waals surface area contributed by atoms with Crippen molar-refractivity contribution in [3.63, 3.8) is 0 Å². The first-order chi connectivity index (χ1) is 27.7. The van der Waals surface area contributed by atoms with Crippen molar-refractivity contribution in [2.45, 2.75) is 0 Å². The smallest absolute Gasteiger partial charge is 0.160 e. The van der Waals surface area contributed by atoms with E-state index in [-0.39, 0.29) is 0 Å². The molecule has 0 saturated carbocycles.